The fourth-order valence-corrected chi connectivity index (χ4v) is 2.01. The van der Waals surface area contributed by atoms with Crippen molar-refractivity contribution < 1.29 is 0 Å². The molecule has 1 N–H and O–H groups in total. The predicted molar refractivity (Wildman–Crippen MR) is 87.8 cm³/mol. The molecule has 110 valence electrons. The minimum atomic E-state index is 0.0435. The van der Waals surface area contributed by atoms with Crippen LogP contribution in [0.15, 0.2) is 18.5 Å². The molecular weight excluding hydrogens is 268 g/mol. The first-order valence-corrected chi connectivity index (χ1v) is 8.09. The average Bonchev–Trinajstić information content (AvgIpc) is 2.80. The van der Waals surface area contributed by atoms with Gasteiger partial charge in [-0.05, 0) is 26.2 Å². The lowest BCUT2D eigenvalue weighted by molar-refractivity contribution is 0.562. The summed E-state index contributed by atoms with van der Waals surface area (Å²) in [5.41, 5.74) is 2.16. The topological polar surface area (TPSA) is 42.2 Å². The molecule has 2 aromatic rings. The summed E-state index contributed by atoms with van der Waals surface area (Å²) in [6.07, 6.45) is 5.82. The first-order chi connectivity index (χ1) is 9.23. The fourth-order valence-electron chi connectivity index (χ4n) is 1.79. The maximum atomic E-state index is 4.64. The Bertz CT molecular complexity index is 595. The zero-order valence-electron chi connectivity index (χ0n) is 13.2. The van der Waals surface area contributed by atoms with E-state index in [9.17, 15) is 0 Å². The molecule has 0 radical (unpaired) electrons. The van der Waals surface area contributed by atoms with Crippen LogP contribution in [0.3, 0.4) is 0 Å². The maximum absolute atomic E-state index is 4.64. The lowest BCUT2D eigenvalue weighted by Gasteiger charge is -2.22. The summed E-state index contributed by atoms with van der Waals surface area (Å²) < 4.78 is 2.09. The Hall–Kier alpha value is -1.23. The monoisotopic (exact) mass is 292 g/mol. The number of rotatable bonds is 4. The minimum absolute atomic E-state index is 0.0435. The van der Waals surface area contributed by atoms with E-state index in [-0.39, 0.29) is 10.2 Å². The Kier molecular flexibility index (Phi) is 4.00. The Morgan fingerprint density at radius 3 is 2.55 bits per heavy atom. The van der Waals surface area contributed by atoms with E-state index in [0.717, 1.165) is 23.6 Å². The lowest BCUT2D eigenvalue weighted by atomic mass is 9.92. The van der Waals surface area contributed by atoms with E-state index >= 15 is 0 Å². The van der Waals surface area contributed by atoms with Gasteiger partial charge in [-0.3, -0.25) is 0 Å². The first-order valence-electron chi connectivity index (χ1n) is 6.87. The molecule has 0 aliphatic heterocycles. The van der Waals surface area contributed by atoms with Crippen molar-refractivity contribution in [3.8, 4) is 0 Å². The summed E-state index contributed by atoms with van der Waals surface area (Å²) in [7, 11) is 0. The largest absolute Gasteiger partial charge is 0.367 e. The molecular formula is C15H24N4S. The summed E-state index contributed by atoms with van der Waals surface area (Å²) in [5, 5.41) is 8.09. The van der Waals surface area contributed by atoms with Crippen LogP contribution < -0.4 is 5.32 Å². The van der Waals surface area contributed by atoms with Gasteiger partial charge in [0.2, 0.25) is 0 Å². The standard InChI is InChI=1S/C15H24N4S/c1-14(2,3)12-9-11-13(16-7-8-19(11)18-12)17-10-15(4,5)20-6/h7-9H,10H2,1-6H3,(H,16,17). The summed E-state index contributed by atoms with van der Waals surface area (Å²) in [4.78, 5) is 4.46. The summed E-state index contributed by atoms with van der Waals surface area (Å²) in [5.74, 6) is 0.901. The Balaban J connectivity index is 2.32. The van der Waals surface area contributed by atoms with Crippen molar-refractivity contribution in [1.29, 1.82) is 0 Å². The van der Waals surface area contributed by atoms with E-state index in [2.05, 4.69) is 62.3 Å². The number of fused-ring (bicyclic) bond motifs is 1. The lowest BCUT2D eigenvalue weighted by Crippen LogP contribution is -2.26. The number of thioether (sulfide) groups is 1. The van der Waals surface area contributed by atoms with Crippen molar-refractivity contribution >= 4 is 23.1 Å². The van der Waals surface area contributed by atoms with Crippen LogP contribution in [0.5, 0.6) is 0 Å². The van der Waals surface area contributed by atoms with Gasteiger partial charge in [-0.1, -0.05) is 20.8 Å². The third-order valence-electron chi connectivity index (χ3n) is 3.39. The van der Waals surface area contributed by atoms with Crippen LogP contribution in [0, 0.1) is 0 Å². The molecule has 2 rings (SSSR count). The van der Waals surface area contributed by atoms with E-state index in [0.29, 0.717) is 0 Å². The smallest absolute Gasteiger partial charge is 0.152 e. The third-order valence-corrected chi connectivity index (χ3v) is 4.64. The molecule has 0 atom stereocenters. The number of aromatic nitrogens is 3. The van der Waals surface area contributed by atoms with Crippen LogP contribution >= 0.6 is 11.8 Å². The fraction of sp³-hybridized carbons (Fsp3) is 0.600. The molecule has 0 aromatic carbocycles. The molecule has 0 fully saturated rings. The van der Waals surface area contributed by atoms with E-state index in [1.807, 2.05) is 22.5 Å². The van der Waals surface area contributed by atoms with Gasteiger partial charge in [0.1, 0.15) is 5.52 Å². The molecule has 0 saturated carbocycles. The molecule has 5 heteroatoms. The number of hydrogen-bond donors (Lipinski definition) is 1. The van der Waals surface area contributed by atoms with Gasteiger partial charge >= 0.3 is 0 Å². The van der Waals surface area contributed by atoms with Crippen molar-refractivity contribution in [2.75, 3.05) is 18.1 Å². The van der Waals surface area contributed by atoms with Crippen LogP contribution in [-0.2, 0) is 5.41 Å². The Morgan fingerprint density at radius 1 is 1.25 bits per heavy atom. The van der Waals surface area contributed by atoms with E-state index < -0.39 is 0 Å². The molecule has 20 heavy (non-hydrogen) atoms. The number of hydrogen-bond acceptors (Lipinski definition) is 4. The van der Waals surface area contributed by atoms with Gasteiger partial charge < -0.3 is 5.32 Å². The second-order valence-corrected chi connectivity index (χ2v) is 8.22. The number of anilines is 1. The third kappa shape index (κ3) is 3.26. The van der Waals surface area contributed by atoms with Gasteiger partial charge in [-0.25, -0.2) is 9.50 Å². The van der Waals surface area contributed by atoms with Gasteiger partial charge in [-0.15, -0.1) is 0 Å². The van der Waals surface area contributed by atoms with Gasteiger partial charge in [-0.2, -0.15) is 16.9 Å². The van der Waals surface area contributed by atoms with Crippen LogP contribution in [-0.4, -0.2) is 32.1 Å². The van der Waals surface area contributed by atoms with Gasteiger partial charge in [0.15, 0.2) is 5.82 Å². The van der Waals surface area contributed by atoms with Gasteiger partial charge in [0.25, 0.3) is 0 Å². The van der Waals surface area contributed by atoms with Crippen molar-refractivity contribution in [2.24, 2.45) is 0 Å². The zero-order valence-corrected chi connectivity index (χ0v) is 14.0. The molecule has 0 saturated heterocycles. The Morgan fingerprint density at radius 2 is 1.95 bits per heavy atom. The summed E-state index contributed by atoms with van der Waals surface area (Å²) in [6, 6.07) is 2.13. The van der Waals surface area contributed by atoms with Crippen molar-refractivity contribution in [3.05, 3.63) is 24.2 Å². The molecule has 0 spiro atoms. The second kappa shape index (κ2) is 5.28. The maximum Gasteiger partial charge on any atom is 0.152 e. The predicted octanol–water partition coefficient (Wildman–Crippen LogP) is 3.58. The van der Waals surface area contributed by atoms with Crippen molar-refractivity contribution in [1.82, 2.24) is 14.6 Å². The molecule has 2 aromatic heterocycles. The van der Waals surface area contributed by atoms with Crippen LogP contribution in [0.2, 0.25) is 0 Å². The van der Waals surface area contributed by atoms with Crippen LogP contribution in [0.4, 0.5) is 5.82 Å². The summed E-state index contributed by atoms with van der Waals surface area (Å²) >= 11 is 1.85. The summed E-state index contributed by atoms with van der Waals surface area (Å²) in [6.45, 7) is 11.8. The number of nitrogens with zero attached hydrogens (tertiary/aromatic N) is 3. The van der Waals surface area contributed by atoms with Crippen molar-refractivity contribution in [3.63, 3.8) is 0 Å². The molecule has 0 bridgehead atoms. The molecule has 0 amide bonds. The van der Waals surface area contributed by atoms with Gasteiger partial charge in [0, 0.05) is 29.1 Å². The highest BCUT2D eigenvalue weighted by Crippen LogP contribution is 2.26. The van der Waals surface area contributed by atoms with Crippen LogP contribution in [0.25, 0.3) is 5.52 Å². The highest BCUT2D eigenvalue weighted by Gasteiger charge is 2.20. The number of nitrogens with one attached hydrogen (secondary N) is 1. The van der Waals surface area contributed by atoms with Crippen molar-refractivity contribution in [2.45, 2.75) is 44.8 Å². The molecule has 0 aliphatic carbocycles. The molecule has 4 nitrogen and oxygen atoms in total. The normalized spacial score (nSPS) is 12.9. The molecule has 0 aliphatic rings. The van der Waals surface area contributed by atoms with E-state index in [1.165, 1.54) is 0 Å². The van der Waals surface area contributed by atoms with E-state index in [4.69, 9.17) is 0 Å². The minimum Gasteiger partial charge on any atom is -0.367 e. The SMILES string of the molecule is CSC(C)(C)CNc1nccn2nc(C(C)(C)C)cc12. The average molecular weight is 292 g/mol. The van der Waals surface area contributed by atoms with Gasteiger partial charge in [0.05, 0.1) is 5.69 Å². The molecule has 0 unspecified atom stereocenters. The highest BCUT2D eigenvalue weighted by atomic mass is 32.2. The molecule has 2 heterocycles. The van der Waals surface area contributed by atoms with E-state index in [1.54, 1.807) is 6.20 Å². The van der Waals surface area contributed by atoms with Crippen LogP contribution in [0.1, 0.15) is 40.3 Å². The first kappa shape index (κ1) is 15.2. The second-order valence-electron chi connectivity index (χ2n) is 6.70. The Labute approximate surface area is 125 Å². The zero-order chi connectivity index (χ0) is 15.0. The quantitative estimate of drug-likeness (QED) is 0.935. The highest BCUT2D eigenvalue weighted by molar-refractivity contribution is 7.99.